The molecule has 146 valence electrons. The van der Waals surface area contributed by atoms with Crippen molar-refractivity contribution in [3.05, 3.63) is 65.2 Å². The molecular formula is C23H25NO4. The lowest BCUT2D eigenvalue weighted by molar-refractivity contribution is -0.144. The Morgan fingerprint density at radius 3 is 2.57 bits per heavy atom. The topological polar surface area (TPSA) is 55.8 Å². The molecule has 0 saturated heterocycles. The molecule has 2 aliphatic rings. The summed E-state index contributed by atoms with van der Waals surface area (Å²) in [5, 5.41) is 0. The molecule has 0 spiro atoms. The summed E-state index contributed by atoms with van der Waals surface area (Å²) in [6, 6.07) is 15.2. The van der Waals surface area contributed by atoms with Crippen LogP contribution in [-0.2, 0) is 22.5 Å². The van der Waals surface area contributed by atoms with Crippen molar-refractivity contribution in [3.8, 4) is 5.75 Å². The Kier molecular flexibility index (Phi) is 5.07. The molecule has 0 N–H and O–H groups in total. The van der Waals surface area contributed by atoms with E-state index in [2.05, 4.69) is 6.92 Å². The monoisotopic (exact) mass is 379 g/mol. The molecule has 2 aromatic carbocycles. The van der Waals surface area contributed by atoms with Gasteiger partial charge in [-0.05, 0) is 55.0 Å². The van der Waals surface area contributed by atoms with Gasteiger partial charge >= 0.3 is 5.97 Å². The van der Waals surface area contributed by atoms with E-state index < -0.39 is 12.1 Å². The highest BCUT2D eigenvalue weighted by molar-refractivity contribution is 5.95. The first-order chi connectivity index (χ1) is 13.6. The van der Waals surface area contributed by atoms with Gasteiger partial charge in [0.15, 0.2) is 6.10 Å². The fourth-order valence-electron chi connectivity index (χ4n) is 3.84. The van der Waals surface area contributed by atoms with Gasteiger partial charge in [-0.1, -0.05) is 30.3 Å². The van der Waals surface area contributed by atoms with Crippen LogP contribution in [0, 0.1) is 5.92 Å². The molecule has 0 radical (unpaired) electrons. The van der Waals surface area contributed by atoms with Crippen molar-refractivity contribution in [1.29, 1.82) is 0 Å². The molecular weight excluding hydrogens is 354 g/mol. The van der Waals surface area contributed by atoms with Crippen LogP contribution in [0.1, 0.15) is 41.3 Å². The third-order valence-electron chi connectivity index (χ3n) is 5.76. The summed E-state index contributed by atoms with van der Waals surface area (Å²) in [6.45, 7) is 2.59. The summed E-state index contributed by atoms with van der Waals surface area (Å²) in [6.07, 6.45) is 1.95. The molecule has 2 aromatic rings. The Morgan fingerprint density at radius 1 is 1.18 bits per heavy atom. The fourth-order valence-corrected chi connectivity index (χ4v) is 3.84. The standard InChI is InChI=1S/C23H25NO4/c1-15(17-9-10-17)24(14-16-7-11-19(27-2)12-8-16)22(25)21-13-18-5-3-4-6-20(18)23(26)28-21/h3-8,11-12,15,17,21H,9-10,13-14H2,1-2H3. The lowest BCUT2D eigenvalue weighted by atomic mass is 9.97. The second-order valence-corrected chi connectivity index (χ2v) is 7.65. The molecule has 4 rings (SSSR count). The normalized spacial score (nSPS) is 19.4. The highest BCUT2D eigenvalue weighted by Crippen LogP contribution is 2.36. The Labute approximate surface area is 165 Å². The Morgan fingerprint density at radius 2 is 1.89 bits per heavy atom. The van der Waals surface area contributed by atoms with E-state index in [0.29, 0.717) is 24.4 Å². The first-order valence-corrected chi connectivity index (χ1v) is 9.79. The van der Waals surface area contributed by atoms with Gasteiger partial charge in [-0.25, -0.2) is 4.79 Å². The van der Waals surface area contributed by atoms with Crippen molar-refractivity contribution >= 4 is 11.9 Å². The van der Waals surface area contributed by atoms with Crippen molar-refractivity contribution < 1.29 is 19.1 Å². The molecule has 0 bridgehead atoms. The SMILES string of the molecule is COc1ccc(CN(C(=O)C2Cc3ccccc3C(=O)O2)C(C)C2CC2)cc1. The number of nitrogens with zero attached hydrogens (tertiary/aromatic N) is 1. The van der Waals surface area contributed by atoms with Crippen LogP contribution in [0.4, 0.5) is 0 Å². The fraction of sp³-hybridized carbons (Fsp3) is 0.391. The third-order valence-corrected chi connectivity index (χ3v) is 5.76. The number of methoxy groups -OCH3 is 1. The quantitative estimate of drug-likeness (QED) is 0.720. The first-order valence-electron chi connectivity index (χ1n) is 9.79. The van der Waals surface area contributed by atoms with E-state index in [-0.39, 0.29) is 11.9 Å². The number of ether oxygens (including phenoxy) is 2. The van der Waals surface area contributed by atoms with Gasteiger partial charge in [-0.15, -0.1) is 0 Å². The predicted octanol–water partition coefficient (Wildman–Crippen LogP) is 3.60. The Balaban J connectivity index is 1.55. The smallest absolute Gasteiger partial charge is 0.339 e. The minimum absolute atomic E-state index is 0.113. The second-order valence-electron chi connectivity index (χ2n) is 7.65. The molecule has 1 amide bonds. The zero-order valence-corrected chi connectivity index (χ0v) is 16.3. The summed E-state index contributed by atoms with van der Waals surface area (Å²) in [5.41, 5.74) is 2.47. The molecule has 1 aliphatic carbocycles. The number of fused-ring (bicyclic) bond motifs is 1. The van der Waals surface area contributed by atoms with E-state index in [0.717, 1.165) is 29.7 Å². The molecule has 1 heterocycles. The largest absolute Gasteiger partial charge is 0.497 e. The number of benzene rings is 2. The molecule has 2 unspecified atom stereocenters. The molecule has 0 aromatic heterocycles. The molecule has 2 atom stereocenters. The van der Waals surface area contributed by atoms with Crippen LogP contribution in [0.2, 0.25) is 0 Å². The minimum atomic E-state index is -0.762. The summed E-state index contributed by atoms with van der Waals surface area (Å²) in [4.78, 5) is 27.6. The van der Waals surface area contributed by atoms with E-state index in [4.69, 9.17) is 9.47 Å². The maximum Gasteiger partial charge on any atom is 0.339 e. The zero-order valence-electron chi connectivity index (χ0n) is 16.3. The number of hydrogen-bond donors (Lipinski definition) is 0. The second kappa shape index (κ2) is 7.66. The maximum absolute atomic E-state index is 13.4. The van der Waals surface area contributed by atoms with Crippen molar-refractivity contribution in [2.75, 3.05) is 7.11 Å². The zero-order chi connectivity index (χ0) is 19.7. The van der Waals surface area contributed by atoms with Gasteiger partial charge in [0.25, 0.3) is 5.91 Å². The number of carbonyl (C=O) groups excluding carboxylic acids is 2. The maximum atomic E-state index is 13.4. The van der Waals surface area contributed by atoms with Gasteiger partial charge in [-0.3, -0.25) is 4.79 Å². The van der Waals surface area contributed by atoms with E-state index in [9.17, 15) is 9.59 Å². The summed E-state index contributed by atoms with van der Waals surface area (Å²) in [7, 11) is 1.63. The Bertz CT molecular complexity index is 872. The van der Waals surface area contributed by atoms with Gasteiger partial charge in [0.05, 0.1) is 12.7 Å². The molecule has 1 saturated carbocycles. The van der Waals surface area contributed by atoms with Gasteiger partial charge < -0.3 is 14.4 Å². The summed E-state index contributed by atoms with van der Waals surface area (Å²) in [5.74, 6) is 0.783. The molecule has 5 heteroatoms. The Hall–Kier alpha value is -2.82. The van der Waals surface area contributed by atoms with Crippen LogP contribution in [0.3, 0.4) is 0 Å². The van der Waals surface area contributed by atoms with Crippen LogP contribution in [0.5, 0.6) is 5.75 Å². The number of carbonyl (C=O) groups is 2. The van der Waals surface area contributed by atoms with Crippen LogP contribution in [0.15, 0.2) is 48.5 Å². The van der Waals surface area contributed by atoms with Crippen molar-refractivity contribution in [1.82, 2.24) is 4.90 Å². The van der Waals surface area contributed by atoms with Gasteiger partial charge in [0.2, 0.25) is 0 Å². The highest BCUT2D eigenvalue weighted by Gasteiger charge is 2.39. The van der Waals surface area contributed by atoms with Gasteiger partial charge in [0.1, 0.15) is 5.75 Å². The van der Waals surface area contributed by atoms with E-state index in [1.54, 1.807) is 13.2 Å². The average molecular weight is 379 g/mol. The summed E-state index contributed by atoms with van der Waals surface area (Å²) < 4.78 is 10.7. The van der Waals surface area contributed by atoms with Crippen molar-refractivity contribution in [3.63, 3.8) is 0 Å². The number of cyclic esters (lactones) is 1. The number of amides is 1. The minimum Gasteiger partial charge on any atom is -0.497 e. The van der Waals surface area contributed by atoms with Gasteiger partial charge in [0, 0.05) is 19.0 Å². The van der Waals surface area contributed by atoms with E-state index in [1.807, 2.05) is 47.4 Å². The van der Waals surface area contributed by atoms with E-state index in [1.165, 1.54) is 0 Å². The van der Waals surface area contributed by atoms with Crippen LogP contribution in [0.25, 0.3) is 0 Å². The first kappa shape index (κ1) is 18.5. The number of rotatable bonds is 6. The van der Waals surface area contributed by atoms with Crippen LogP contribution < -0.4 is 4.74 Å². The third kappa shape index (κ3) is 3.75. The summed E-state index contributed by atoms with van der Waals surface area (Å²) >= 11 is 0. The predicted molar refractivity (Wildman–Crippen MR) is 105 cm³/mol. The van der Waals surface area contributed by atoms with Crippen LogP contribution in [-0.4, -0.2) is 36.0 Å². The van der Waals surface area contributed by atoms with Crippen LogP contribution >= 0.6 is 0 Å². The van der Waals surface area contributed by atoms with Gasteiger partial charge in [-0.2, -0.15) is 0 Å². The highest BCUT2D eigenvalue weighted by atomic mass is 16.5. The number of esters is 1. The molecule has 1 aliphatic heterocycles. The molecule has 5 nitrogen and oxygen atoms in total. The lowest BCUT2D eigenvalue weighted by Crippen LogP contribution is -2.48. The average Bonchev–Trinajstić information content (AvgIpc) is 3.57. The van der Waals surface area contributed by atoms with E-state index >= 15 is 0 Å². The molecule has 1 fully saturated rings. The van der Waals surface area contributed by atoms with Crippen molar-refractivity contribution in [2.45, 2.75) is 44.9 Å². The molecule has 28 heavy (non-hydrogen) atoms. The number of hydrogen-bond acceptors (Lipinski definition) is 4. The lowest BCUT2D eigenvalue weighted by Gasteiger charge is -2.34. The van der Waals surface area contributed by atoms with Crippen molar-refractivity contribution in [2.24, 2.45) is 5.92 Å².